The van der Waals surface area contributed by atoms with Crippen LogP contribution in [0.25, 0.3) is 0 Å². The molecule has 0 bridgehead atoms. The van der Waals surface area contributed by atoms with E-state index in [4.69, 9.17) is 14.2 Å². The van der Waals surface area contributed by atoms with Gasteiger partial charge in [-0.1, -0.05) is 0 Å². The Balaban J connectivity index is 2.08. The van der Waals surface area contributed by atoms with Crippen molar-refractivity contribution in [1.82, 2.24) is 4.72 Å². The van der Waals surface area contributed by atoms with Gasteiger partial charge >= 0.3 is 0 Å². The van der Waals surface area contributed by atoms with Crippen molar-refractivity contribution < 1.29 is 27.4 Å². The summed E-state index contributed by atoms with van der Waals surface area (Å²) in [5.41, 5.74) is 0.452. The van der Waals surface area contributed by atoms with Crippen LogP contribution in [0, 0.1) is 0 Å². The number of rotatable bonds is 8. The van der Waals surface area contributed by atoms with Gasteiger partial charge < -0.3 is 19.5 Å². The quantitative estimate of drug-likeness (QED) is 0.710. The lowest BCUT2D eigenvalue weighted by Crippen LogP contribution is -2.41. The SMILES string of the molecule is COc1ccc(S(=O)(=O)N[C@H](C)C(=O)Nc2ccc(OC)c(OC)c2)cc1. The second-order valence-electron chi connectivity index (χ2n) is 5.58. The molecule has 1 amide bonds. The highest BCUT2D eigenvalue weighted by molar-refractivity contribution is 7.89. The number of carbonyl (C=O) groups is 1. The molecular formula is C18H22N2O6S. The summed E-state index contributed by atoms with van der Waals surface area (Å²) in [4.78, 5) is 12.4. The van der Waals surface area contributed by atoms with E-state index in [1.54, 1.807) is 18.2 Å². The lowest BCUT2D eigenvalue weighted by molar-refractivity contribution is -0.117. The molecule has 0 fully saturated rings. The molecule has 0 aromatic heterocycles. The van der Waals surface area contributed by atoms with E-state index in [-0.39, 0.29) is 4.90 Å². The second-order valence-corrected chi connectivity index (χ2v) is 7.29. The van der Waals surface area contributed by atoms with Crippen molar-refractivity contribution in [3.63, 3.8) is 0 Å². The summed E-state index contributed by atoms with van der Waals surface area (Å²) in [5.74, 6) is 0.984. The molecule has 0 aliphatic carbocycles. The van der Waals surface area contributed by atoms with Gasteiger partial charge in [-0.05, 0) is 43.3 Å². The minimum absolute atomic E-state index is 0.0362. The van der Waals surface area contributed by atoms with Gasteiger partial charge in [0, 0.05) is 11.8 Å². The van der Waals surface area contributed by atoms with Crippen LogP contribution in [0.3, 0.4) is 0 Å². The van der Waals surface area contributed by atoms with Gasteiger partial charge in [-0.25, -0.2) is 8.42 Å². The molecule has 0 heterocycles. The molecule has 2 rings (SSSR count). The van der Waals surface area contributed by atoms with Gasteiger partial charge in [-0.3, -0.25) is 4.79 Å². The highest BCUT2D eigenvalue weighted by atomic mass is 32.2. The fourth-order valence-electron chi connectivity index (χ4n) is 2.27. The third-order valence-electron chi connectivity index (χ3n) is 3.75. The first-order valence-electron chi connectivity index (χ1n) is 8.00. The molecule has 0 saturated carbocycles. The molecule has 0 saturated heterocycles. The number of methoxy groups -OCH3 is 3. The lowest BCUT2D eigenvalue weighted by atomic mass is 10.2. The summed E-state index contributed by atoms with van der Waals surface area (Å²) in [6.07, 6.45) is 0. The lowest BCUT2D eigenvalue weighted by Gasteiger charge is -2.15. The molecule has 0 unspecified atom stereocenters. The van der Waals surface area contributed by atoms with Crippen LogP contribution in [-0.4, -0.2) is 41.7 Å². The van der Waals surface area contributed by atoms with Gasteiger partial charge in [0.05, 0.1) is 32.3 Å². The third kappa shape index (κ3) is 5.11. The zero-order chi connectivity index (χ0) is 20.0. The van der Waals surface area contributed by atoms with Crippen LogP contribution in [0.4, 0.5) is 5.69 Å². The summed E-state index contributed by atoms with van der Waals surface area (Å²) >= 11 is 0. The van der Waals surface area contributed by atoms with E-state index >= 15 is 0 Å². The van der Waals surface area contributed by atoms with E-state index in [2.05, 4.69) is 10.0 Å². The van der Waals surface area contributed by atoms with Gasteiger partial charge in [0.2, 0.25) is 15.9 Å². The van der Waals surface area contributed by atoms with Crippen molar-refractivity contribution in [1.29, 1.82) is 0 Å². The predicted octanol–water partition coefficient (Wildman–Crippen LogP) is 2.02. The number of nitrogens with one attached hydrogen (secondary N) is 2. The Hall–Kier alpha value is -2.78. The summed E-state index contributed by atoms with van der Waals surface area (Å²) in [5, 5.41) is 2.64. The van der Waals surface area contributed by atoms with Crippen LogP contribution in [-0.2, 0) is 14.8 Å². The molecular weight excluding hydrogens is 372 g/mol. The Labute approximate surface area is 158 Å². The molecule has 8 nitrogen and oxygen atoms in total. The number of benzene rings is 2. The fraction of sp³-hybridized carbons (Fsp3) is 0.278. The van der Waals surface area contributed by atoms with Crippen LogP contribution >= 0.6 is 0 Å². The summed E-state index contributed by atoms with van der Waals surface area (Å²) in [7, 11) is 0.619. The van der Waals surface area contributed by atoms with Gasteiger partial charge in [-0.2, -0.15) is 4.72 Å². The van der Waals surface area contributed by atoms with E-state index in [1.807, 2.05) is 0 Å². The van der Waals surface area contributed by atoms with E-state index in [9.17, 15) is 13.2 Å². The van der Waals surface area contributed by atoms with Crippen molar-refractivity contribution in [2.45, 2.75) is 17.9 Å². The number of ether oxygens (including phenoxy) is 3. The zero-order valence-corrected chi connectivity index (χ0v) is 16.3. The summed E-state index contributed by atoms with van der Waals surface area (Å²) in [6.45, 7) is 1.46. The largest absolute Gasteiger partial charge is 0.497 e. The number of hydrogen-bond acceptors (Lipinski definition) is 6. The molecule has 2 aromatic rings. The van der Waals surface area contributed by atoms with E-state index < -0.39 is 22.0 Å². The summed E-state index contributed by atoms with van der Waals surface area (Å²) in [6, 6.07) is 9.73. The summed E-state index contributed by atoms with van der Waals surface area (Å²) < 4.78 is 42.5. The van der Waals surface area contributed by atoms with E-state index in [1.165, 1.54) is 52.5 Å². The van der Waals surface area contributed by atoms with Crippen molar-refractivity contribution in [3.05, 3.63) is 42.5 Å². The molecule has 0 radical (unpaired) electrons. The average molecular weight is 394 g/mol. The maximum Gasteiger partial charge on any atom is 0.242 e. The molecule has 0 aliphatic rings. The van der Waals surface area contributed by atoms with E-state index in [0.717, 1.165) is 0 Å². The minimum atomic E-state index is -3.86. The highest BCUT2D eigenvalue weighted by Crippen LogP contribution is 2.29. The van der Waals surface area contributed by atoms with Crippen molar-refractivity contribution in [3.8, 4) is 17.2 Å². The molecule has 0 spiro atoms. The molecule has 0 aliphatic heterocycles. The molecule has 9 heteroatoms. The monoisotopic (exact) mass is 394 g/mol. The van der Waals surface area contributed by atoms with Crippen molar-refractivity contribution >= 4 is 21.6 Å². The van der Waals surface area contributed by atoms with Crippen molar-refractivity contribution in [2.75, 3.05) is 26.6 Å². The maximum atomic E-state index is 12.4. The standard InChI is InChI=1S/C18H22N2O6S/c1-12(20-27(22,23)15-8-6-14(24-2)7-9-15)18(21)19-13-5-10-16(25-3)17(11-13)26-4/h5-12,20H,1-4H3,(H,19,21)/t12-/m1/s1. The first-order chi connectivity index (χ1) is 12.8. The number of sulfonamides is 1. The first kappa shape index (κ1) is 20.5. The Bertz CT molecular complexity index is 897. The Kier molecular flexibility index (Phi) is 6.65. The number of carbonyl (C=O) groups excluding carboxylic acids is 1. The van der Waals surface area contributed by atoms with E-state index in [0.29, 0.717) is 22.9 Å². The molecule has 2 N–H and O–H groups in total. The Morgan fingerprint density at radius 3 is 2.11 bits per heavy atom. The molecule has 146 valence electrons. The molecule has 1 atom stereocenters. The second kappa shape index (κ2) is 8.74. The Morgan fingerprint density at radius 1 is 0.926 bits per heavy atom. The zero-order valence-electron chi connectivity index (χ0n) is 15.5. The van der Waals surface area contributed by atoms with Crippen LogP contribution in [0.2, 0.25) is 0 Å². The van der Waals surface area contributed by atoms with Gasteiger partial charge in [-0.15, -0.1) is 0 Å². The molecule has 2 aromatic carbocycles. The van der Waals surface area contributed by atoms with Gasteiger partial charge in [0.15, 0.2) is 11.5 Å². The molecule has 27 heavy (non-hydrogen) atoms. The number of amides is 1. The highest BCUT2D eigenvalue weighted by Gasteiger charge is 2.22. The van der Waals surface area contributed by atoms with Crippen LogP contribution < -0.4 is 24.2 Å². The maximum absolute atomic E-state index is 12.4. The normalized spacial score (nSPS) is 12.1. The van der Waals surface area contributed by atoms with Crippen molar-refractivity contribution in [2.24, 2.45) is 0 Å². The topological polar surface area (TPSA) is 103 Å². The van der Waals surface area contributed by atoms with Gasteiger partial charge in [0.25, 0.3) is 0 Å². The third-order valence-corrected chi connectivity index (χ3v) is 5.30. The smallest absolute Gasteiger partial charge is 0.242 e. The average Bonchev–Trinajstić information content (AvgIpc) is 2.67. The Morgan fingerprint density at radius 2 is 1.56 bits per heavy atom. The number of anilines is 1. The van der Waals surface area contributed by atoms with Crippen LogP contribution in [0.5, 0.6) is 17.2 Å². The van der Waals surface area contributed by atoms with Gasteiger partial charge in [0.1, 0.15) is 5.75 Å². The van der Waals surface area contributed by atoms with Crippen LogP contribution in [0.15, 0.2) is 47.4 Å². The van der Waals surface area contributed by atoms with Crippen LogP contribution in [0.1, 0.15) is 6.92 Å². The first-order valence-corrected chi connectivity index (χ1v) is 9.48. The number of hydrogen-bond donors (Lipinski definition) is 2. The fourth-order valence-corrected chi connectivity index (χ4v) is 3.48. The predicted molar refractivity (Wildman–Crippen MR) is 101 cm³/mol. The minimum Gasteiger partial charge on any atom is -0.497 e.